The van der Waals surface area contributed by atoms with Crippen LogP contribution in [-0.2, 0) is 21.1 Å². The molecule has 0 amide bonds. The van der Waals surface area contributed by atoms with Crippen molar-refractivity contribution in [1.29, 1.82) is 0 Å². The SMILES string of the molecule is CCn1nnc([C@H]2O[C@@H](n3cnc4c(NCC(c5ccccc5)c5ccccc5)nc(NC5CCS(=O)(=O)C5)nc43)[C@H](O)[C@@H]2O)n1. The third kappa shape index (κ3) is 5.91. The summed E-state index contributed by atoms with van der Waals surface area (Å²) in [5, 5.41) is 40.8. The number of anilines is 2. The molecular formula is C30H34N10O5S. The molecule has 2 aromatic carbocycles. The lowest BCUT2D eigenvalue weighted by Gasteiger charge is -2.20. The number of sulfone groups is 1. The number of aliphatic hydroxyl groups is 2. The maximum atomic E-state index is 12.2. The van der Waals surface area contributed by atoms with E-state index in [2.05, 4.69) is 55.3 Å². The summed E-state index contributed by atoms with van der Waals surface area (Å²) in [5.41, 5.74) is 2.96. The van der Waals surface area contributed by atoms with Gasteiger partial charge in [0.1, 0.15) is 12.2 Å². The number of aliphatic hydroxyl groups excluding tert-OH is 2. The van der Waals surface area contributed by atoms with E-state index in [0.717, 1.165) is 11.1 Å². The number of ether oxygens (including phenoxy) is 1. The van der Waals surface area contributed by atoms with Gasteiger partial charge in [0.15, 0.2) is 39.2 Å². The van der Waals surface area contributed by atoms with E-state index in [4.69, 9.17) is 14.7 Å². The summed E-state index contributed by atoms with van der Waals surface area (Å²) in [6.45, 7) is 2.80. The molecule has 46 heavy (non-hydrogen) atoms. The van der Waals surface area contributed by atoms with Gasteiger partial charge in [0.25, 0.3) is 0 Å². The zero-order valence-electron chi connectivity index (χ0n) is 25.0. The van der Waals surface area contributed by atoms with Gasteiger partial charge in [-0.15, -0.1) is 10.2 Å². The molecule has 2 aliphatic heterocycles. The fourth-order valence-corrected chi connectivity index (χ4v) is 7.66. The van der Waals surface area contributed by atoms with Crippen molar-refractivity contribution in [3.8, 4) is 0 Å². The molecule has 0 aliphatic carbocycles. The molecule has 5 atom stereocenters. The van der Waals surface area contributed by atoms with Gasteiger partial charge < -0.3 is 25.6 Å². The number of nitrogens with one attached hydrogen (secondary N) is 2. The van der Waals surface area contributed by atoms with Crippen molar-refractivity contribution < 1.29 is 23.4 Å². The molecule has 2 fully saturated rings. The number of aryl methyl sites for hydroxylation is 1. The Labute approximate surface area is 264 Å². The number of aromatic nitrogens is 8. The quantitative estimate of drug-likeness (QED) is 0.171. The van der Waals surface area contributed by atoms with Crippen LogP contribution in [0.15, 0.2) is 67.0 Å². The predicted octanol–water partition coefficient (Wildman–Crippen LogP) is 1.67. The summed E-state index contributed by atoms with van der Waals surface area (Å²) >= 11 is 0. The first-order chi connectivity index (χ1) is 22.3. The third-order valence-corrected chi connectivity index (χ3v) is 10.2. The van der Waals surface area contributed by atoms with Gasteiger partial charge in [0.05, 0.1) is 24.4 Å². The van der Waals surface area contributed by atoms with Gasteiger partial charge in [-0.3, -0.25) is 4.57 Å². The Balaban J connectivity index is 1.24. The topological polar surface area (TPSA) is 195 Å². The zero-order valence-corrected chi connectivity index (χ0v) is 25.8. The number of tetrazole rings is 1. The average Bonchev–Trinajstić information content (AvgIpc) is 3.85. The van der Waals surface area contributed by atoms with Gasteiger partial charge in [-0.2, -0.15) is 14.8 Å². The Bertz CT molecular complexity index is 1880. The number of rotatable bonds is 10. The molecule has 0 saturated carbocycles. The van der Waals surface area contributed by atoms with E-state index in [1.165, 1.54) is 15.7 Å². The molecule has 2 aliphatic rings. The average molecular weight is 647 g/mol. The summed E-state index contributed by atoms with van der Waals surface area (Å²) in [5.74, 6) is 0.808. The summed E-state index contributed by atoms with van der Waals surface area (Å²) < 4.78 is 32.0. The second kappa shape index (κ2) is 12.4. The smallest absolute Gasteiger partial charge is 0.227 e. The second-order valence-corrected chi connectivity index (χ2v) is 13.7. The molecular weight excluding hydrogens is 612 g/mol. The first-order valence-corrected chi connectivity index (χ1v) is 17.0. The van der Waals surface area contributed by atoms with Crippen molar-refractivity contribution in [2.24, 2.45) is 0 Å². The third-order valence-electron chi connectivity index (χ3n) is 8.38. The highest BCUT2D eigenvalue weighted by molar-refractivity contribution is 7.91. The molecule has 0 radical (unpaired) electrons. The maximum absolute atomic E-state index is 12.2. The lowest BCUT2D eigenvalue weighted by molar-refractivity contribution is -0.0384. The van der Waals surface area contributed by atoms with Crippen molar-refractivity contribution in [3.05, 3.63) is 83.9 Å². The van der Waals surface area contributed by atoms with Crippen molar-refractivity contribution in [2.45, 2.75) is 56.4 Å². The van der Waals surface area contributed by atoms with Crippen molar-refractivity contribution in [3.63, 3.8) is 0 Å². The normalized spacial score (nSPS) is 24.1. The van der Waals surface area contributed by atoms with E-state index >= 15 is 0 Å². The number of nitrogens with zero attached hydrogens (tertiary/aromatic N) is 8. The summed E-state index contributed by atoms with van der Waals surface area (Å²) in [7, 11) is -3.16. The van der Waals surface area contributed by atoms with Gasteiger partial charge in [-0.1, -0.05) is 60.7 Å². The fraction of sp³-hybridized carbons (Fsp3) is 0.400. The molecule has 16 heteroatoms. The van der Waals surface area contributed by atoms with Crippen LogP contribution in [0.3, 0.4) is 0 Å². The Morgan fingerprint density at radius 2 is 1.74 bits per heavy atom. The fourth-order valence-electron chi connectivity index (χ4n) is 5.99. The van der Waals surface area contributed by atoms with Crippen molar-refractivity contribution >= 4 is 32.8 Å². The minimum absolute atomic E-state index is 0.0224. The molecule has 7 rings (SSSR count). The molecule has 5 heterocycles. The van der Waals surface area contributed by atoms with Crippen LogP contribution >= 0.6 is 0 Å². The Morgan fingerprint density at radius 1 is 1.02 bits per heavy atom. The lowest BCUT2D eigenvalue weighted by Crippen LogP contribution is -2.29. The van der Waals surface area contributed by atoms with Gasteiger partial charge in [0.2, 0.25) is 11.8 Å². The first-order valence-electron chi connectivity index (χ1n) is 15.1. The van der Waals surface area contributed by atoms with E-state index in [1.54, 1.807) is 0 Å². The monoisotopic (exact) mass is 646 g/mol. The number of imidazole rings is 1. The molecule has 4 N–H and O–H groups in total. The van der Waals surface area contributed by atoms with Crippen LogP contribution in [0.2, 0.25) is 0 Å². The largest absolute Gasteiger partial charge is 0.387 e. The van der Waals surface area contributed by atoms with E-state index in [0.29, 0.717) is 36.5 Å². The van der Waals surface area contributed by atoms with Crippen LogP contribution in [-0.4, -0.2) is 94.7 Å². The highest BCUT2D eigenvalue weighted by Crippen LogP contribution is 2.39. The van der Waals surface area contributed by atoms with E-state index in [9.17, 15) is 18.6 Å². The van der Waals surface area contributed by atoms with E-state index in [1.807, 2.05) is 43.3 Å². The van der Waals surface area contributed by atoms with Crippen molar-refractivity contribution in [2.75, 3.05) is 28.7 Å². The number of benzene rings is 2. The Morgan fingerprint density at radius 3 is 2.37 bits per heavy atom. The van der Waals surface area contributed by atoms with Crippen LogP contribution in [0.5, 0.6) is 0 Å². The predicted molar refractivity (Wildman–Crippen MR) is 168 cm³/mol. The molecule has 240 valence electrons. The molecule has 2 saturated heterocycles. The Kier molecular flexibility index (Phi) is 8.10. The zero-order chi connectivity index (χ0) is 31.8. The van der Waals surface area contributed by atoms with Crippen molar-refractivity contribution in [1.82, 2.24) is 39.7 Å². The molecule has 0 spiro atoms. The molecule has 0 bridgehead atoms. The van der Waals surface area contributed by atoms with Crippen LogP contribution in [0, 0.1) is 0 Å². The summed E-state index contributed by atoms with van der Waals surface area (Å²) in [6, 6.07) is 19.9. The van der Waals surface area contributed by atoms with E-state index in [-0.39, 0.29) is 35.2 Å². The minimum atomic E-state index is -3.16. The first kappa shape index (κ1) is 30.2. The minimum Gasteiger partial charge on any atom is -0.387 e. The molecule has 1 unspecified atom stereocenters. The summed E-state index contributed by atoms with van der Waals surface area (Å²) in [4.78, 5) is 15.4. The van der Waals surface area contributed by atoms with Crippen LogP contribution in [0.1, 0.15) is 48.5 Å². The highest BCUT2D eigenvalue weighted by atomic mass is 32.2. The van der Waals surface area contributed by atoms with Gasteiger partial charge >= 0.3 is 0 Å². The number of hydrogen-bond acceptors (Lipinski definition) is 13. The molecule has 15 nitrogen and oxygen atoms in total. The van der Waals surface area contributed by atoms with Crippen LogP contribution < -0.4 is 10.6 Å². The lowest BCUT2D eigenvalue weighted by atomic mass is 9.91. The number of hydrogen-bond donors (Lipinski definition) is 4. The highest BCUT2D eigenvalue weighted by Gasteiger charge is 2.47. The van der Waals surface area contributed by atoms with Crippen LogP contribution in [0.25, 0.3) is 11.2 Å². The van der Waals surface area contributed by atoms with Gasteiger partial charge in [0, 0.05) is 18.5 Å². The maximum Gasteiger partial charge on any atom is 0.227 e. The number of fused-ring (bicyclic) bond motifs is 1. The molecule has 5 aromatic rings. The second-order valence-electron chi connectivity index (χ2n) is 11.5. The van der Waals surface area contributed by atoms with Gasteiger partial charge in [-0.05, 0) is 29.7 Å². The van der Waals surface area contributed by atoms with E-state index < -0.39 is 34.4 Å². The van der Waals surface area contributed by atoms with Crippen LogP contribution in [0.4, 0.5) is 11.8 Å². The Hall–Kier alpha value is -4.51. The molecule has 3 aromatic heterocycles. The van der Waals surface area contributed by atoms with Gasteiger partial charge in [-0.25, -0.2) is 13.4 Å². The standard InChI is InChI=1S/C30H34N10O5S/c1-2-40-37-27(36-38-40)25-23(41)24(42)29(45-25)39-17-32-22-26(34-30(35-28(22)39)33-20-13-14-46(43,44)16-20)31-15-21(18-9-5-3-6-10-18)19-11-7-4-8-12-19/h3-12,17,20-21,23-25,29,41-42H,2,13-16H2,1H3,(H2,31,33,34,35)/t20?,23-,24+,25-,29+/m0/s1. The summed E-state index contributed by atoms with van der Waals surface area (Å²) in [6.07, 6.45) is -2.91.